The normalized spacial score (nSPS) is 17.4. The Labute approximate surface area is 201 Å². The van der Waals surface area contributed by atoms with Gasteiger partial charge in [0.1, 0.15) is 5.76 Å². The summed E-state index contributed by atoms with van der Waals surface area (Å²) in [6.07, 6.45) is 0. The van der Waals surface area contributed by atoms with Crippen molar-refractivity contribution in [3.63, 3.8) is 0 Å². The Hall–Kier alpha value is -3.32. The molecular formula is C27H34N2O5. The first-order valence-corrected chi connectivity index (χ1v) is 11.9. The molecule has 182 valence electrons. The van der Waals surface area contributed by atoms with E-state index in [1.54, 1.807) is 41.3 Å². The second-order valence-corrected chi connectivity index (χ2v) is 7.96. The van der Waals surface area contributed by atoms with Gasteiger partial charge < -0.3 is 24.4 Å². The van der Waals surface area contributed by atoms with Crippen LogP contribution in [0, 0.1) is 0 Å². The van der Waals surface area contributed by atoms with Gasteiger partial charge in [-0.3, -0.25) is 9.59 Å². The summed E-state index contributed by atoms with van der Waals surface area (Å²) >= 11 is 0. The smallest absolute Gasteiger partial charge is 0.295 e. The van der Waals surface area contributed by atoms with Gasteiger partial charge in [-0.05, 0) is 44.6 Å². The van der Waals surface area contributed by atoms with Crippen molar-refractivity contribution >= 4 is 17.4 Å². The van der Waals surface area contributed by atoms with Crippen molar-refractivity contribution < 1.29 is 24.2 Å². The minimum Gasteiger partial charge on any atom is -0.507 e. The van der Waals surface area contributed by atoms with Gasteiger partial charge in [-0.15, -0.1) is 0 Å². The molecular weight excluding hydrogens is 432 g/mol. The highest BCUT2D eigenvalue weighted by molar-refractivity contribution is 6.46. The highest BCUT2D eigenvalue weighted by Crippen LogP contribution is 2.42. The van der Waals surface area contributed by atoms with Gasteiger partial charge in [0.15, 0.2) is 11.5 Å². The number of likely N-dealkylation sites (tertiary alicyclic amines) is 1. The fraction of sp³-hybridized carbons (Fsp3) is 0.407. The van der Waals surface area contributed by atoms with Crippen LogP contribution in [0.4, 0.5) is 0 Å². The van der Waals surface area contributed by atoms with E-state index in [0.717, 1.165) is 13.1 Å². The molecule has 2 aromatic rings. The highest BCUT2D eigenvalue weighted by Gasteiger charge is 2.46. The van der Waals surface area contributed by atoms with Crippen molar-refractivity contribution in [3.8, 4) is 11.5 Å². The van der Waals surface area contributed by atoms with E-state index in [4.69, 9.17) is 9.47 Å². The minimum atomic E-state index is -0.731. The van der Waals surface area contributed by atoms with Crippen LogP contribution in [0.3, 0.4) is 0 Å². The zero-order chi connectivity index (χ0) is 24.7. The van der Waals surface area contributed by atoms with E-state index in [1.807, 2.05) is 26.0 Å². The first-order chi connectivity index (χ1) is 16.5. The summed E-state index contributed by atoms with van der Waals surface area (Å²) in [6.45, 7) is 11.5. The van der Waals surface area contributed by atoms with E-state index in [9.17, 15) is 14.7 Å². The Morgan fingerprint density at radius 2 is 1.59 bits per heavy atom. The number of aliphatic hydroxyl groups excluding tert-OH is 1. The molecule has 1 aliphatic heterocycles. The fourth-order valence-corrected chi connectivity index (χ4v) is 4.24. The van der Waals surface area contributed by atoms with Gasteiger partial charge in [0.25, 0.3) is 11.7 Å². The summed E-state index contributed by atoms with van der Waals surface area (Å²) in [6, 6.07) is 13.5. The van der Waals surface area contributed by atoms with Crippen LogP contribution in [0.15, 0.2) is 54.1 Å². The molecule has 1 heterocycles. The van der Waals surface area contributed by atoms with Crippen LogP contribution in [0.25, 0.3) is 5.76 Å². The summed E-state index contributed by atoms with van der Waals surface area (Å²) in [5.41, 5.74) is 1.26. The third kappa shape index (κ3) is 5.25. The molecule has 0 saturated carbocycles. The maximum absolute atomic E-state index is 13.2. The van der Waals surface area contributed by atoms with Crippen LogP contribution in [0.1, 0.15) is 44.9 Å². The molecule has 1 unspecified atom stereocenters. The van der Waals surface area contributed by atoms with Gasteiger partial charge in [-0.1, -0.05) is 50.2 Å². The van der Waals surface area contributed by atoms with Gasteiger partial charge in [0.2, 0.25) is 0 Å². The maximum Gasteiger partial charge on any atom is 0.295 e. The number of Topliss-reactive ketones (excluding diaryl/α,β-unsaturated/α-hetero) is 1. The molecule has 1 saturated heterocycles. The number of ether oxygens (including phenoxy) is 2. The van der Waals surface area contributed by atoms with Crippen LogP contribution >= 0.6 is 0 Å². The largest absolute Gasteiger partial charge is 0.507 e. The Morgan fingerprint density at radius 1 is 0.941 bits per heavy atom. The Morgan fingerprint density at radius 3 is 2.21 bits per heavy atom. The molecule has 0 bridgehead atoms. The average Bonchev–Trinajstić information content (AvgIpc) is 3.11. The number of nitrogens with zero attached hydrogens (tertiary/aromatic N) is 2. The standard InChI is InChI=1S/C27H34N2O5/c1-5-28(6-2)16-17-29-24(20-14-15-21(33-7-3)22(18-20)34-8-4)23(26(31)27(29)32)25(30)19-12-10-9-11-13-19/h9-15,18,24,30H,5-8,16-17H2,1-4H3. The number of amides is 1. The Balaban J connectivity index is 2.13. The lowest BCUT2D eigenvalue weighted by molar-refractivity contribution is -0.140. The number of carbonyl (C=O) groups is 2. The Kier molecular flexibility index (Phi) is 8.71. The molecule has 2 aromatic carbocycles. The van der Waals surface area contributed by atoms with Gasteiger partial charge in [-0.2, -0.15) is 0 Å². The van der Waals surface area contributed by atoms with Gasteiger partial charge in [0, 0.05) is 18.7 Å². The molecule has 3 rings (SSSR count). The van der Waals surface area contributed by atoms with Crippen molar-refractivity contribution in [2.24, 2.45) is 0 Å². The van der Waals surface area contributed by atoms with E-state index in [1.165, 1.54) is 0 Å². The lowest BCUT2D eigenvalue weighted by Gasteiger charge is -2.28. The molecule has 34 heavy (non-hydrogen) atoms. The third-order valence-electron chi connectivity index (χ3n) is 6.02. The van der Waals surface area contributed by atoms with E-state index < -0.39 is 17.7 Å². The number of benzene rings is 2. The molecule has 7 heteroatoms. The molecule has 1 aliphatic rings. The molecule has 1 atom stereocenters. The van der Waals surface area contributed by atoms with Crippen molar-refractivity contribution in [2.75, 3.05) is 39.4 Å². The van der Waals surface area contributed by atoms with Crippen molar-refractivity contribution in [1.29, 1.82) is 0 Å². The van der Waals surface area contributed by atoms with Crippen LogP contribution in [0.2, 0.25) is 0 Å². The summed E-state index contributed by atoms with van der Waals surface area (Å²) in [4.78, 5) is 30.1. The van der Waals surface area contributed by atoms with Gasteiger partial charge in [-0.25, -0.2) is 0 Å². The number of rotatable bonds is 11. The Bertz CT molecular complexity index is 1030. The lowest BCUT2D eigenvalue weighted by atomic mass is 9.95. The summed E-state index contributed by atoms with van der Waals surface area (Å²) < 4.78 is 11.5. The number of hydrogen-bond acceptors (Lipinski definition) is 6. The quantitative estimate of drug-likeness (QED) is 0.303. The van der Waals surface area contributed by atoms with Gasteiger partial charge >= 0.3 is 0 Å². The minimum absolute atomic E-state index is 0.0855. The molecule has 0 spiro atoms. The first-order valence-electron chi connectivity index (χ1n) is 11.9. The predicted octanol–water partition coefficient (Wildman–Crippen LogP) is 4.25. The lowest BCUT2D eigenvalue weighted by Crippen LogP contribution is -2.38. The number of likely N-dealkylation sites (N-methyl/N-ethyl adjacent to an activating group) is 1. The zero-order valence-electron chi connectivity index (χ0n) is 20.4. The average molecular weight is 467 g/mol. The van der Waals surface area contributed by atoms with Crippen LogP contribution < -0.4 is 9.47 Å². The third-order valence-corrected chi connectivity index (χ3v) is 6.02. The second-order valence-electron chi connectivity index (χ2n) is 7.96. The van der Waals surface area contributed by atoms with E-state index >= 15 is 0 Å². The summed E-state index contributed by atoms with van der Waals surface area (Å²) in [5.74, 6) is -0.340. The summed E-state index contributed by atoms with van der Waals surface area (Å²) in [7, 11) is 0. The maximum atomic E-state index is 13.2. The zero-order valence-corrected chi connectivity index (χ0v) is 20.4. The van der Waals surface area contributed by atoms with Crippen molar-refractivity contribution in [1.82, 2.24) is 9.80 Å². The topological polar surface area (TPSA) is 79.3 Å². The van der Waals surface area contributed by atoms with Gasteiger partial charge in [0.05, 0.1) is 24.8 Å². The van der Waals surface area contributed by atoms with E-state index in [0.29, 0.717) is 48.9 Å². The van der Waals surface area contributed by atoms with Crippen LogP contribution in [0.5, 0.6) is 11.5 Å². The fourth-order valence-electron chi connectivity index (χ4n) is 4.24. The summed E-state index contributed by atoms with van der Waals surface area (Å²) in [5, 5.41) is 11.2. The number of aliphatic hydroxyl groups is 1. The number of carbonyl (C=O) groups excluding carboxylic acids is 2. The first kappa shape index (κ1) is 25.3. The molecule has 1 amide bonds. The predicted molar refractivity (Wildman–Crippen MR) is 132 cm³/mol. The number of hydrogen-bond donors (Lipinski definition) is 1. The highest BCUT2D eigenvalue weighted by atomic mass is 16.5. The van der Waals surface area contributed by atoms with Crippen LogP contribution in [-0.4, -0.2) is 66.0 Å². The molecule has 1 N–H and O–H groups in total. The SMILES string of the molecule is CCOc1ccc(C2C(=C(O)c3ccccc3)C(=O)C(=O)N2CCN(CC)CC)cc1OCC. The molecule has 0 aliphatic carbocycles. The molecule has 7 nitrogen and oxygen atoms in total. The number of ketones is 1. The van der Waals surface area contributed by atoms with Crippen molar-refractivity contribution in [2.45, 2.75) is 33.7 Å². The monoisotopic (exact) mass is 466 g/mol. The molecule has 0 aromatic heterocycles. The van der Waals surface area contributed by atoms with E-state index in [2.05, 4.69) is 18.7 Å². The molecule has 0 radical (unpaired) electrons. The second kappa shape index (κ2) is 11.7. The van der Waals surface area contributed by atoms with Crippen molar-refractivity contribution in [3.05, 3.63) is 65.2 Å². The van der Waals surface area contributed by atoms with Crippen LogP contribution in [-0.2, 0) is 9.59 Å². The van der Waals surface area contributed by atoms with E-state index in [-0.39, 0.29) is 11.3 Å². The molecule has 1 fully saturated rings.